The van der Waals surface area contributed by atoms with E-state index in [0.717, 1.165) is 5.75 Å². The number of halogens is 1. The Bertz CT molecular complexity index is 280. The molecule has 0 saturated heterocycles. The Hall–Kier alpha value is -0.740. The molecule has 0 atom stereocenters. The fraction of sp³-hybridized carbons (Fsp3) is 0.333. The molecule has 0 amide bonds. The number of methoxy groups -OCH3 is 1. The fourth-order valence-corrected chi connectivity index (χ4v) is 1.70. The molecule has 0 bridgehead atoms. The molecule has 0 aliphatic heterocycles. The lowest BCUT2D eigenvalue weighted by Crippen LogP contribution is -1.93. The molecule has 1 rings (SSSR count). The van der Waals surface area contributed by atoms with Crippen LogP contribution in [-0.2, 0) is 4.74 Å². The van der Waals surface area contributed by atoms with E-state index in [-0.39, 0.29) is 5.82 Å². The summed E-state index contributed by atoms with van der Waals surface area (Å²) < 4.78 is 18.0. The molecule has 0 unspecified atom stereocenters. The van der Waals surface area contributed by atoms with E-state index < -0.39 is 0 Å². The Balaban J connectivity index is 2.56. The molecule has 0 radical (unpaired) electrons. The topological polar surface area (TPSA) is 35.2 Å². The predicted molar refractivity (Wildman–Crippen MR) is 53.4 cm³/mol. The molecule has 1 aromatic rings. The Morgan fingerprint density at radius 1 is 1.54 bits per heavy atom. The zero-order chi connectivity index (χ0) is 9.68. The van der Waals surface area contributed by atoms with E-state index in [1.54, 1.807) is 19.2 Å². The SMILES string of the molecule is COCCSc1ccc(N)cc1F. The Morgan fingerprint density at radius 2 is 2.31 bits per heavy atom. The van der Waals surface area contributed by atoms with Crippen molar-refractivity contribution in [2.45, 2.75) is 4.90 Å². The lowest BCUT2D eigenvalue weighted by molar-refractivity contribution is 0.218. The zero-order valence-corrected chi connectivity index (χ0v) is 8.23. The molecule has 0 aromatic heterocycles. The maximum atomic E-state index is 13.1. The summed E-state index contributed by atoms with van der Waals surface area (Å²) in [4.78, 5) is 0.617. The molecule has 0 saturated carbocycles. The van der Waals surface area contributed by atoms with Crippen molar-refractivity contribution in [1.29, 1.82) is 0 Å². The molecular weight excluding hydrogens is 189 g/mol. The fourth-order valence-electron chi connectivity index (χ4n) is 0.869. The van der Waals surface area contributed by atoms with Gasteiger partial charge in [-0.05, 0) is 18.2 Å². The van der Waals surface area contributed by atoms with Crippen LogP contribution in [0.4, 0.5) is 10.1 Å². The van der Waals surface area contributed by atoms with Crippen molar-refractivity contribution in [3.05, 3.63) is 24.0 Å². The highest BCUT2D eigenvalue weighted by Gasteiger charge is 2.01. The molecule has 1 aromatic carbocycles. The zero-order valence-electron chi connectivity index (χ0n) is 7.42. The van der Waals surface area contributed by atoms with Crippen LogP contribution in [0.1, 0.15) is 0 Å². The van der Waals surface area contributed by atoms with Crippen molar-refractivity contribution < 1.29 is 9.13 Å². The van der Waals surface area contributed by atoms with Gasteiger partial charge in [-0.15, -0.1) is 11.8 Å². The summed E-state index contributed by atoms with van der Waals surface area (Å²) in [5.41, 5.74) is 5.86. The van der Waals surface area contributed by atoms with Gasteiger partial charge in [0.25, 0.3) is 0 Å². The second kappa shape index (κ2) is 5.09. The van der Waals surface area contributed by atoms with Gasteiger partial charge in [-0.2, -0.15) is 0 Å². The molecule has 0 heterocycles. The number of hydrogen-bond acceptors (Lipinski definition) is 3. The van der Waals surface area contributed by atoms with Gasteiger partial charge in [0.1, 0.15) is 5.82 Å². The minimum atomic E-state index is -0.263. The summed E-state index contributed by atoms with van der Waals surface area (Å²) in [5, 5.41) is 0. The number of benzene rings is 1. The molecule has 0 fully saturated rings. The number of anilines is 1. The van der Waals surface area contributed by atoms with Crippen LogP contribution in [-0.4, -0.2) is 19.5 Å². The number of hydrogen-bond donors (Lipinski definition) is 1. The summed E-state index contributed by atoms with van der Waals surface area (Å²) >= 11 is 1.42. The van der Waals surface area contributed by atoms with Crippen molar-refractivity contribution >= 4 is 17.4 Å². The first kappa shape index (κ1) is 10.3. The second-order valence-electron chi connectivity index (χ2n) is 2.53. The van der Waals surface area contributed by atoms with Gasteiger partial charge in [-0.1, -0.05) is 0 Å². The van der Waals surface area contributed by atoms with E-state index in [1.807, 2.05) is 0 Å². The lowest BCUT2D eigenvalue weighted by Gasteiger charge is -2.02. The molecule has 4 heteroatoms. The third-order valence-corrected chi connectivity index (χ3v) is 2.51. The second-order valence-corrected chi connectivity index (χ2v) is 3.67. The van der Waals surface area contributed by atoms with Gasteiger partial charge in [-0.25, -0.2) is 4.39 Å². The Morgan fingerprint density at radius 3 is 2.92 bits per heavy atom. The average molecular weight is 201 g/mol. The van der Waals surface area contributed by atoms with E-state index in [4.69, 9.17) is 10.5 Å². The summed E-state index contributed by atoms with van der Waals surface area (Å²) in [6.45, 7) is 0.620. The van der Waals surface area contributed by atoms with Gasteiger partial charge >= 0.3 is 0 Å². The van der Waals surface area contributed by atoms with Crippen LogP contribution in [0.25, 0.3) is 0 Å². The number of thioether (sulfide) groups is 1. The largest absolute Gasteiger partial charge is 0.399 e. The van der Waals surface area contributed by atoms with Crippen LogP contribution in [0.5, 0.6) is 0 Å². The third kappa shape index (κ3) is 3.24. The lowest BCUT2D eigenvalue weighted by atomic mass is 10.3. The first-order valence-corrected chi connectivity index (χ1v) is 4.89. The van der Waals surface area contributed by atoms with Crippen molar-refractivity contribution in [1.82, 2.24) is 0 Å². The number of nitrogens with two attached hydrogens (primary N) is 1. The number of nitrogen functional groups attached to an aromatic ring is 1. The van der Waals surface area contributed by atoms with Crippen molar-refractivity contribution in [2.24, 2.45) is 0 Å². The highest BCUT2D eigenvalue weighted by Crippen LogP contribution is 2.22. The minimum Gasteiger partial charge on any atom is -0.399 e. The van der Waals surface area contributed by atoms with Gasteiger partial charge in [0, 0.05) is 23.4 Å². The summed E-state index contributed by atoms with van der Waals surface area (Å²) in [5.74, 6) is 0.484. The van der Waals surface area contributed by atoms with Crippen molar-refractivity contribution in [3.8, 4) is 0 Å². The van der Waals surface area contributed by atoms with E-state index in [2.05, 4.69) is 0 Å². The van der Waals surface area contributed by atoms with E-state index in [1.165, 1.54) is 17.8 Å². The molecule has 0 aliphatic carbocycles. The first-order valence-electron chi connectivity index (χ1n) is 3.91. The first-order chi connectivity index (χ1) is 6.24. The van der Waals surface area contributed by atoms with Gasteiger partial charge in [0.05, 0.1) is 6.61 Å². The maximum Gasteiger partial charge on any atom is 0.138 e. The van der Waals surface area contributed by atoms with Crippen LogP contribution in [0.2, 0.25) is 0 Å². The molecule has 72 valence electrons. The summed E-state index contributed by atoms with van der Waals surface area (Å²) in [6, 6.07) is 4.71. The molecular formula is C9H12FNOS. The van der Waals surface area contributed by atoms with Crippen LogP contribution in [0.3, 0.4) is 0 Å². The molecule has 0 aliphatic rings. The summed E-state index contributed by atoms with van der Waals surface area (Å²) in [6.07, 6.45) is 0. The van der Waals surface area contributed by atoms with Crippen LogP contribution >= 0.6 is 11.8 Å². The van der Waals surface area contributed by atoms with Gasteiger partial charge < -0.3 is 10.5 Å². The quantitative estimate of drug-likeness (QED) is 0.460. The van der Waals surface area contributed by atoms with Gasteiger partial charge in [0.15, 0.2) is 0 Å². The van der Waals surface area contributed by atoms with Crippen LogP contribution in [0.15, 0.2) is 23.1 Å². The minimum absolute atomic E-state index is 0.263. The number of rotatable bonds is 4. The predicted octanol–water partition coefficient (Wildman–Crippen LogP) is 2.15. The highest BCUT2D eigenvalue weighted by molar-refractivity contribution is 7.99. The molecule has 13 heavy (non-hydrogen) atoms. The molecule has 2 nitrogen and oxygen atoms in total. The standard InChI is InChI=1S/C9H12FNOS/c1-12-4-5-13-9-3-2-7(11)6-8(9)10/h2-3,6H,4-5,11H2,1H3. The van der Waals surface area contributed by atoms with Crippen LogP contribution in [0, 0.1) is 5.82 Å². The highest BCUT2D eigenvalue weighted by atomic mass is 32.2. The Kier molecular flexibility index (Phi) is 4.05. The smallest absolute Gasteiger partial charge is 0.138 e. The van der Waals surface area contributed by atoms with Crippen LogP contribution < -0.4 is 5.73 Å². The Labute approximate surface area is 81.3 Å². The monoisotopic (exact) mass is 201 g/mol. The number of ether oxygens (including phenoxy) is 1. The normalized spacial score (nSPS) is 10.3. The molecule has 2 N–H and O–H groups in total. The third-order valence-electron chi connectivity index (χ3n) is 1.50. The molecule has 0 spiro atoms. The van der Waals surface area contributed by atoms with E-state index in [9.17, 15) is 4.39 Å². The summed E-state index contributed by atoms with van der Waals surface area (Å²) in [7, 11) is 1.62. The van der Waals surface area contributed by atoms with E-state index in [0.29, 0.717) is 17.2 Å². The van der Waals surface area contributed by atoms with Gasteiger partial charge in [0.2, 0.25) is 0 Å². The van der Waals surface area contributed by atoms with Gasteiger partial charge in [-0.3, -0.25) is 0 Å². The van der Waals surface area contributed by atoms with Crippen molar-refractivity contribution in [2.75, 3.05) is 25.2 Å². The van der Waals surface area contributed by atoms with Crippen molar-refractivity contribution in [3.63, 3.8) is 0 Å². The van der Waals surface area contributed by atoms with E-state index >= 15 is 0 Å². The average Bonchev–Trinajstić information content (AvgIpc) is 2.09. The maximum absolute atomic E-state index is 13.1.